The fourth-order valence-corrected chi connectivity index (χ4v) is 5.58. The lowest BCUT2D eigenvalue weighted by Gasteiger charge is -2.49. The Balaban J connectivity index is 1.59. The van der Waals surface area contributed by atoms with Crippen LogP contribution >= 0.6 is 0 Å². The summed E-state index contributed by atoms with van der Waals surface area (Å²) in [5.74, 6) is 0.421. The third-order valence-corrected chi connectivity index (χ3v) is 7.27. The van der Waals surface area contributed by atoms with E-state index in [0.29, 0.717) is 44.4 Å². The number of hydrogen-bond acceptors (Lipinski definition) is 3. The van der Waals surface area contributed by atoms with Crippen molar-refractivity contribution in [3.05, 3.63) is 11.8 Å². The van der Waals surface area contributed by atoms with Crippen LogP contribution in [0.3, 0.4) is 0 Å². The molecule has 0 saturated heterocycles. The fraction of sp³-hybridized carbons (Fsp3) is 0.800. The SMILES string of the molecule is Cn1nc(C2CC2)cc1S(=O)(=O)NC12CCC(F)(CC1)CC2. The highest BCUT2D eigenvalue weighted by Crippen LogP contribution is 2.49. The number of alkyl halides is 1. The molecule has 0 spiro atoms. The Morgan fingerprint density at radius 2 is 1.82 bits per heavy atom. The van der Waals surface area contributed by atoms with Gasteiger partial charge in [0.1, 0.15) is 5.67 Å². The molecule has 1 aromatic heterocycles. The first-order chi connectivity index (χ1) is 10.3. The average molecular weight is 327 g/mol. The van der Waals surface area contributed by atoms with E-state index in [0.717, 1.165) is 18.5 Å². The molecule has 1 aromatic rings. The molecule has 0 unspecified atom stereocenters. The zero-order chi connectivity index (χ0) is 15.6. The summed E-state index contributed by atoms with van der Waals surface area (Å²) >= 11 is 0. The number of nitrogens with zero attached hydrogens (tertiary/aromatic N) is 2. The molecular formula is C15H22FN3O2S. The minimum atomic E-state index is -3.61. The first kappa shape index (κ1) is 14.6. The highest BCUT2D eigenvalue weighted by atomic mass is 32.2. The molecular weight excluding hydrogens is 305 g/mol. The van der Waals surface area contributed by atoms with E-state index in [1.165, 1.54) is 4.68 Å². The van der Waals surface area contributed by atoms with Crippen LogP contribution in [-0.4, -0.2) is 29.4 Å². The lowest BCUT2D eigenvalue weighted by atomic mass is 9.65. The van der Waals surface area contributed by atoms with Gasteiger partial charge in [-0.3, -0.25) is 4.68 Å². The quantitative estimate of drug-likeness (QED) is 0.923. The number of aryl methyl sites for hydroxylation is 1. The third-order valence-electron chi connectivity index (χ3n) is 5.63. The van der Waals surface area contributed by atoms with Gasteiger partial charge >= 0.3 is 0 Å². The zero-order valence-corrected chi connectivity index (χ0v) is 13.6. The Bertz CT molecular complexity index is 684. The van der Waals surface area contributed by atoms with Crippen molar-refractivity contribution in [3.8, 4) is 0 Å². The molecule has 4 saturated carbocycles. The van der Waals surface area contributed by atoms with Crippen LogP contribution in [0.2, 0.25) is 0 Å². The van der Waals surface area contributed by atoms with Crippen molar-refractivity contribution in [1.29, 1.82) is 0 Å². The van der Waals surface area contributed by atoms with E-state index >= 15 is 0 Å². The molecule has 2 bridgehead atoms. The van der Waals surface area contributed by atoms with Crippen molar-refractivity contribution in [3.63, 3.8) is 0 Å². The summed E-state index contributed by atoms with van der Waals surface area (Å²) in [5.41, 5.74) is -0.648. The second kappa shape index (κ2) is 4.54. The lowest BCUT2D eigenvalue weighted by Crippen LogP contribution is -2.57. The molecule has 0 amide bonds. The first-order valence-corrected chi connectivity index (χ1v) is 9.56. The number of rotatable bonds is 4. The van der Waals surface area contributed by atoms with Crippen LogP contribution in [-0.2, 0) is 17.1 Å². The number of fused-ring (bicyclic) bond motifs is 3. The molecule has 0 atom stereocenters. The van der Waals surface area contributed by atoms with Gasteiger partial charge in [-0.25, -0.2) is 17.5 Å². The molecule has 4 fully saturated rings. The number of aromatic nitrogens is 2. The van der Waals surface area contributed by atoms with Gasteiger partial charge in [0.15, 0.2) is 5.03 Å². The predicted octanol–water partition coefficient (Wildman–Crippen LogP) is 2.39. The van der Waals surface area contributed by atoms with Gasteiger partial charge in [-0.15, -0.1) is 0 Å². The van der Waals surface area contributed by atoms with Crippen LogP contribution in [0.25, 0.3) is 0 Å². The minimum Gasteiger partial charge on any atom is -0.256 e. The summed E-state index contributed by atoms with van der Waals surface area (Å²) in [7, 11) is -1.94. The van der Waals surface area contributed by atoms with Crippen molar-refractivity contribution >= 4 is 10.0 Å². The lowest BCUT2D eigenvalue weighted by molar-refractivity contribution is 0.000922. The van der Waals surface area contributed by atoms with E-state index in [9.17, 15) is 12.8 Å². The monoisotopic (exact) mass is 327 g/mol. The minimum absolute atomic E-state index is 0.228. The van der Waals surface area contributed by atoms with Crippen LogP contribution in [0.15, 0.2) is 11.1 Å². The second-order valence-electron chi connectivity index (χ2n) is 7.34. The third kappa shape index (κ3) is 2.38. The van der Waals surface area contributed by atoms with Crippen LogP contribution < -0.4 is 4.72 Å². The maximum atomic E-state index is 14.2. The molecule has 0 radical (unpaired) electrons. The Morgan fingerprint density at radius 1 is 1.23 bits per heavy atom. The van der Waals surface area contributed by atoms with Crippen LogP contribution in [0.1, 0.15) is 63.0 Å². The summed E-state index contributed by atoms with van der Waals surface area (Å²) in [6.45, 7) is 0. The van der Waals surface area contributed by atoms with Crippen LogP contribution in [0.5, 0.6) is 0 Å². The summed E-state index contributed by atoms with van der Waals surface area (Å²) < 4.78 is 44.1. The Morgan fingerprint density at radius 3 is 2.36 bits per heavy atom. The molecule has 122 valence electrons. The molecule has 7 heteroatoms. The molecule has 1 heterocycles. The molecule has 22 heavy (non-hydrogen) atoms. The zero-order valence-electron chi connectivity index (χ0n) is 12.8. The fourth-order valence-electron chi connectivity index (χ4n) is 3.93. The van der Waals surface area contributed by atoms with Gasteiger partial charge in [-0.05, 0) is 51.4 Å². The van der Waals surface area contributed by atoms with Crippen molar-refractivity contribution in [2.24, 2.45) is 7.05 Å². The molecule has 5 nitrogen and oxygen atoms in total. The van der Waals surface area contributed by atoms with Crippen molar-refractivity contribution < 1.29 is 12.8 Å². The maximum Gasteiger partial charge on any atom is 0.258 e. The first-order valence-electron chi connectivity index (χ1n) is 8.08. The van der Waals surface area contributed by atoms with E-state index in [2.05, 4.69) is 9.82 Å². The molecule has 5 rings (SSSR count). The van der Waals surface area contributed by atoms with Gasteiger partial charge in [0, 0.05) is 24.6 Å². The standard InChI is InChI=1S/C15H22FN3O2S/c1-19-13(10-12(17-19)11-2-3-11)22(20,21)18-15-7-4-14(16,5-8-15)6-9-15/h10-11,18H,2-9H2,1H3. The van der Waals surface area contributed by atoms with E-state index < -0.39 is 21.2 Å². The molecule has 4 aliphatic carbocycles. The topological polar surface area (TPSA) is 64.0 Å². The second-order valence-corrected chi connectivity index (χ2v) is 8.97. The maximum absolute atomic E-state index is 14.2. The van der Waals surface area contributed by atoms with Gasteiger partial charge in [0.2, 0.25) is 0 Å². The highest BCUT2D eigenvalue weighted by Gasteiger charge is 2.50. The Hall–Kier alpha value is -0.950. The smallest absolute Gasteiger partial charge is 0.256 e. The van der Waals surface area contributed by atoms with E-state index in [1.54, 1.807) is 13.1 Å². The van der Waals surface area contributed by atoms with Crippen molar-refractivity contribution in [2.45, 2.75) is 73.5 Å². The molecule has 0 aliphatic heterocycles. The average Bonchev–Trinajstić information content (AvgIpc) is 3.23. The number of sulfonamides is 1. The number of halogens is 1. The van der Waals surface area contributed by atoms with Crippen molar-refractivity contribution in [1.82, 2.24) is 14.5 Å². The normalized spacial score (nSPS) is 35.0. The Kier molecular flexibility index (Phi) is 3.02. The Labute approximate surface area is 130 Å². The van der Waals surface area contributed by atoms with E-state index in [-0.39, 0.29) is 5.03 Å². The van der Waals surface area contributed by atoms with E-state index in [1.807, 2.05) is 0 Å². The van der Waals surface area contributed by atoms with Gasteiger partial charge < -0.3 is 0 Å². The number of hydrogen-bond donors (Lipinski definition) is 1. The van der Waals surface area contributed by atoms with Gasteiger partial charge in [-0.2, -0.15) is 5.10 Å². The number of nitrogens with one attached hydrogen (secondary N) is 1. The van der Waals surface area contributed by atoms with Gasteiger partial charge in [0.05, 0.1) is 5.69 Å². The molecule has 0 aromatic carbocycles. The largest absolute Gasteiger partial charge is 0.258 e. The van der Waals surface area contributed by atoms with Crippen molar-refractivity contribution in [2.75, 3.05) is 0 Å². The van der Waals surface area contributed by atoms with E-state index in [4.69, 9.17) is 0 Å². The van der Waals surface area contributed by atoms with Crippen LogP contribution in [0.4, 0.5) is 4.39 Å². The summed E-state index contributed by atoms with van der Waals surface area (Å²) in [5, 5.41) is 4.57. The molecule has 1 N–H and O–H groups in total. The molecule has 4 aliphatic rings. The summed E-state index contributed by atoms with van der Waals surface area (Å²) in [6, 6.07) is 1.70. The van der Waals surface area contributed by atoms with Gasteiger partial charge in [-0.1, -0.05) is 0 Å². The van der Waals surface area contributed by atoms with Gasteiger partial charge in [0.25, 0.3) is 10.0 Å². The van der Waals surface area contributed by atoms with Crippen LogP contribution in [0, 0.1) is 0 Å². The predicted molar refractivity (Wildman–Crippen MR) is 79.8 cm³/mol. The highest BCUT2D eigenvalue weighted by molar-refractivity contribution is 7.89. The summed E-state index contributed by atoms with van der Waals surface area (Å²) in [4.78, 5) is 0. The summed E-state index contributed by atoms with van der Waals surface area (Å²) in [6.07, 6.45) is 5.36.